The van der Waals surface area contributed by atoms with E-state index >= 15 is 0 Å². The van der Waals surface area contributed by atoms with Crippen molar-refractivity contribution in [3.05, 3.63) is 71.8 Å². The largest absolute Gasteiger partial charge is 0.296 e. The number of fused-ring (bicyclic) bond motifs is 1. The summed E-state index contributed by atoms with van der Waals surface area (Å²) in [5, 5.41) is 2.54. The van der Waals surface area contributed by atoms with Gasteiger partial charge in [-0.2, -0.15) is 4.31 Å². The lowest BCUT2D eigenvalue weighted by Gasteiger charge is -2.43. The van der Waals surface area contributed by atoms with Gasteiger partial charge in [0, 0.05) is 23.8 Å². The number of carbonyl (C=O) groups is 1. The lowest BCUT2D eigenvalue weighted by atomic mass is 10.0. The molecule has 1 amide bonds. The van der Waals surface area contributed by atoms with E-state index in [9.17, 15) is 13.2 Å². The number of hydrogen-bond acceptors (Lipinski definition) is 4. The fraction of sp³-hybridized carbons (Fsp3) is 0.261. The molecule has 0 unspecified atom stereocenters. The topological polar surface area (TPSA) is 57.7 Å². The van der Waals surface area contributed by atoms with Gasteiger partial charge in [0.1, 0.15) is 0 Å². The number of sulfonamides is 1. The van der Waals surface area contributed by atoms with E-state index in [0.29, 0.717) is 41.6 Å². The van der Waals surface area contributed by atoms with Gasteiger partial charge < -0.3 is 0 Å². The second-order valence-corrected chi connectivity index (χ2v) is 11.6. The molecule has 2 heterocycles. The minimum absolute atomic E-state index is 0.0539. The minimum atomic E-state index is -3.60. The predicted molar refractivity (Wildman–Crippen MR) is 126 cm³/mol. The van der Waals surface area contributed by atoms with Crippen LogP contribution >= 0.6 is 23.4 Å². The third-order valence-electron chi connectivity index (χ3n) is 6.07. The van der Waals surface area contributed by atoms with Crippen LogP contribution in [0.3, 0.4) is 0 Å². The Balaban J connectivity index is 1.39. The van der Waals surface area contributed by atoms with Gasteiger partial charge in [0.05, 0.1) is 15.5 Å². The summed E-state index contributed by atoms with van der Waals surface area (Å²) < 4.78 is 28.2. The Morgan fingerprint density at radius 1 is 0.903 bits per heavy atom. The van der Waals surface area contributed by atoms with Gasteiger partial charge in [-0.3, -0.25) is 9.69 Å². The Bertz CT molecular complexity index is 1250. The molecule has 0 bridgehead atoms. The van der Waals surface area contributed by atoms with Crippen LogP contribution in [0.4, 0.5) is 5.69 Å². The van der Waals surface area contributed by atoms with Crippen LogP contribution in [0.25, 0.3) is 10.8 Å². The van der Waals surface area contributed by atoms with Crippen molar-refractivity contribution in [3.63, 3.8) is 0 Å². The highest BCUT2D eigenvalue weighted by Gasteiger charge is 2.50. The molecule has 2 aliphatic heterocycles. The summed E-state index contributed by atoms with van der Waals surface area (Å²) in [7, 11) is -3.60. The van der Waals surface area contributed by atoms with Crippen LogP contribution in [0.1, 0.15) is 12.8 Å². The number of thioether (sulfide) groups is 1. The molecule has 8 heteroatoms. The van der Waals surface area contributed by atoms with Gasteiger partial charge in [0.2, 0.25) is 15.9 Å². The van der Waals surface area contributed by atoms with Gasteiger partial charge in [-0.25, -0.2) is 8.42 Å². The SMILES string of the molecule is O=C1CSC2(CCN(S(=O)(=O)c3ccc4ccccc4c3)CC2)N1c1ccc(Cl)cc1. The number of amides is 1. The quantitative estimate of drug-likeness (QED) is 0.551. The molecule has 2 fully saturated rings. The average molecular weight is 473 g/mol. The summed E-state index contributed by atoms with van der Waals surface area (Å²) in [4.78, 5) is 14.4. The molecule has 0 aliphatic carbocycles. The van der Waals surface area contributed by atoms with E-state index in [1.165, 1.54) is 0 Å². The number of piperidine rings is 1. The Kier molecular flexibility index (Phi) is 5.25. The summed E-state index contributed by atoms with van der Waals surface area (Å²) >= 11 is 7.63. The number of anilines is 1. The summed E-state index contributed by atoms with van der Waals surface area (Å²) in [6, 6.07) is 20.3. The third-order valence-corrected chi connectivity index (χ3v) is 9.73. The fourth-order valence-corrected chi connectivity index (χ4v) is 7.37. The number of nitrogens with zero attached hydrogens (tertiary/aromatic N) is 2. The van der Waals surface area contributed by atoms with Crippen molar-refractivity contribution in [1.82, 2.24) is 4.31 Å². The standard InChI is InChI=1S/C23H21ClN2O3S2/c24-19-6-8-20(9-7-19)26-22(27)16-30-23(26)11-13-25(14-12-23)31(28,29)21-10-5-17-3-1-2-4-18(17)15-21/h1-10,15H,11-14,16H2. The number of halogens is 1. The molecule has 0 aromatic heterocycles. The number of hydrogen-bond donors (Lipinski definition) is 0. The zero-order valence-electron chi connectivity index (χ0n) is 16.7. The van der Waals surface area contributed by atoms with E-state index in [4.69, 9.17) is 11.6 Å². The van der Waals surface area contributed by atoms with E-state index in [1.54, 1.807) is 40.3 Å². The van der Waals surface area contributed by atoms with Crippen molar-refractivity contribution >= 4 is 55.8 Å². The molecule has 0 radical (unpaired) electrons. The normalized spacial score (nSPS) is 19.4. The second-order valence-electron chi connectivity index (χ2n) is 7.85. The molecular weight excluding hydrogens is 452 g/mol. The van der Waals surface area contributed by atoms with Gasteiger partial charge in [0.15, 0.2) is 0 Å². The fourth-order valence-electron chi connectivity index (χ4n) is 4.44. The van der Waals surface area contributed by atoms with Crippen LogP contribution in [0.2, 0.25) is 5.02 Å². The summed E-state index contributed by atoms with van der Waals surface area (Å²) in [5.41, 5.74) is 0.810. The molecule has 31 heavy (non-hydrogen) atoms. The molecule has 3 aromatic rings. The summed E-state index contributed by atoms with van der Waals surface area (Å²) in [6.45, 7) is 0.749. The highest BCUT2D eigenvalue weighted by molar-refractivity contribution is 8.02. The maximum atomic E-state index is 13.3. The van der Waals surface area contributed by atoms with Crippen LogP contribution < -0.4 is 4.90 Å². The molecule has 5 nitrogen and oxygen atoms in total. The number of benzene rings is 3. The maximum Gasteiger partial charge on any atom is 0.243 e. The minimum Gasteiger partial charge on any atom is -0.296 e. The molecule has 0 saturated carbocycles. The Morgan fingerprint density at radius 2 is 1.58 bits per heavy atom. The predicted octanol–water partition coefficient (Wildman–Crippen LogP) is 4.75. The van der Waals surface area contributed by atoms with Crippen molar-refractivity contribution < 1.29 is 13.2 Å². The van der Waals surface area contributed by atoms with Crippen LogP contribution in [0, 0.1) is 0 Å². The first kappa shape index (κ1) is 20.8. The Labute approximate surface area is 191 Å². The molecule has 3 aromatic carbocycles. The highest BCUT2D eigenvalue weighted by atomic mass is 35.5. The monoisotopic (exact) mass is 472 g/mol. The highest BCUT2D eigenvalue weighted by Crippen LogP contribution is 2.47. The van der Waals surface area contributed by atoms with E-state index in [0.717, 1.165) is 16.5 Å². The molecule has 2 saturated heterocycles. The molecule has 160 valence electrons. The van der Waals surface area contributed by atoms with Crippen LogP contribution in [0.5, 0.6) is 0 Å². The first-order chi connectivity index (χ1) is 14.9. The van der Waals surface area contributed by atoms with Gasteiger partial charge >= 0.3 is 0 Å². The molecule has 5 rings (SSSR count). The molecule has 0 N–H and O–H groups in total. The summed E-state index contributed by atoms with van der Waals surface area (Å²) in [6.07, 6.45) is 1.16. The lowest BCUT2D eigenvalue weighted by molar-refractivity contribution is -0.116. The molecule has 0 atom stereocenters. The van der Waals surface area contributed by atoms with E-state index in [1.807, 2.05) is 47.4 Å². The van der Waals surface area contributed by atoms with Crippen molar-refractivity contribution in [3.8, 4) is 0 Å². The number of rotatable bonds is 3. The maximum absolute atomic E-state index is 13.3. The van der Waals surface area contributed by atoms with E-state index in [2.05, 4.69) is 0 Å². The molecular formula is C23H21ClN2O3S2. The molecule has 1 spiro atoms. The van der Waals surface area contributed by atoms with E-state index < -0.39 is 14.9 Å². The average Bonchev–Trinajstić information content (AvgIpc) is 3.10. The zero-order chi connectivity index (χ0) is 21.6. The van der Waals surface area contributed by atoms with Gasteiger partial charge in [-0.15, -0.1) is 11.8 Å². The zero-order valence-corrected chi connectivity index (χ0v) is 19.1. The van der Waals surface area contributed by atoms with Crippen molar-refractivity contribution in [2.24, 2.45) is 0 Å². The first-order valence-corrected chi connectivity index (χ1v) is 12.9. The summed E-state index contributed by atoms with van der Waals surface area (Å²) in [5.74, 6) is 0.457. The van der Waals surface area contributed by atoms with Gasteiger partial charge in [-0.1, -0.05) is 41.9 Å². The van der Waals surface area contributed by atoms with Crippen molar-refractivity contribution in [2.45, 2.75) is 22.6 Å². The van der Waals surface area contributed by atoms with Crippen molar-refractivity contribution in [2.75, 3.05) is 23.7 Å². The molecule has 2 aliphatic rings. The van der Waals surface area contributed by atoms with Crippen molar-refractivity contribution in [1.29, 1.82) is 0 Å². The lowest BCUT2D eigenvalue weighted by Crippen LogP contribution is -2.53. The Morgan fingerprint density at radius 3 is 2.29 bits per heavy atom. The van der Waals surface area contributed by atoms with Crippen LogP contribution in [0.15, 0.2) is 71.6 Å². The van der Waals surface area contributed by atoms with Gasteiger partial charge in [0.25, 0.3) is 0 Å². The van der Waals surface area contributed by atoms with Crippen LogP contribution in [-0.2, 0) is 14.8 Å². The van der Waals surface area contributed by atoms with Crippen LogP contribution in [-0.4, -0.2) is 42.3 Å². The number of carbonyl (C=O) groups excluding carboxylic acids is 1. The first-order valence-electron chi connectivity index (χ1n) is 10.1. The smallest absolute Gasteiger partial charge is 0.243 e. The third kappa shape index (κ3) is 3.63. The Hall–Kier alpha value is -2.06. The van der Waals surface area contributed by atoms with E-state index in [-0.39, 0.29) is 5.91 Å². The second kappa shape index (κ2) is 7.81. The van der Waals surface area contributed by atoms with Gasteiger partial charge in [-0.05, 0) is 60.0 Å².